The van der Waals surface area contributed by atoms with Crippen LogP contribution in [0.15, 0.2) is 58.0 Å². The zero-order chi connectivity index (χ0) is 16.6. The summed E-state index contributed by atoms with van der Waals surface area (Å²) in [5.41, 5.74) is 0.668. The van der Waals surface area contributed by atoms with Crippen molar-refractivity contribution in [1.82, 2.24) is 0 Å². The number of rotatable bonds is 3. The Hall–Kier alpha value is -1.75. The number of halogens is 2. The number of fused-ring (bicyclic) bond motifs is 1. The lowest BCUT2D eigenvalue weighted by Crippen LogP contribution is -2.18. The number of allylic oxidation sites excluding steroid dienone is 2. The summed E-state index contributed by atoms with van der Waals surface area (Å²) in [6, 6.07) is 10.3. The molecule has 1 aliphatic rings. The summed E-state index contributed by atoms with van der Waals surface area (Å²) in [5, 5.41) is 0.977. The van der Waals surface area contributed by atoms with Crippen molar-refractivity contribution in [2.75, 3.05) is 7.11 Å². The number of methoxy groups -OCH3 is 1. The van der Waals surface area contributed by atoms with Crippen LogP contribution in [0.4, 0.5) is 0 Å². The Bertz CT molecular complexity index is 839. The summed E-state index contributed by atoms with van der Waals surface area (Å²) in [6.45, 7) is 0. The van der Waals surface area contributed by atoms with Crippen LogP contribution in [-0.2, 0) is 4.74 Å². The lowest BCUT2D eigenvalue weighted by atomic mass is 9.93. The highest BCUT2D eigenvalue weighted by Gasteiger charge is 2.29. The molecular weight excluding hydrogens is 355 g/mol. The predicted octanol–water partition coefficient (Wildman–Crippen LogP) is 5.05. The first-order chi connectivity index (χ1) is 11.0. The Kier molecular flexibility index (Phi) is 4.48. The smallest absolute Gasteiger partial charge is 0.228 e. The standard InChI is InChI=1S/C17H10Cl2O3S/c1-22-13-8-12(20)15-9(16(13)21)4-2-7-14(15)23-17-10(18)5-3-6-11(17)19/h2-8H,1H3. The van der Waals surface area contributed by atoms with Crippen molar-refractivity contribution in [3.05, 3.63) is 69.4 Å². The zero-order valence-corrected chi connectivity index (χ0v) is 14.3. The number of ketones is 2. The summed E-state index contributed by atoms with van der Waals surface area (Å²) in [4.78, 5) is 26.0. The van der Waals surface area contributed by atoms with Gasteiger partial charge in [0.25, 0.3) is 0 Å². The van der Waals surface area contributed by atoms with Crippen LogP contribution >= 0.6 is 35.0 Å². The molecule has 23 heavy (non-hydrogen) atoms. The van der Waals surface area contributed by atoms with E-state index in [4.69, 9.17) is 27.9 Å². The molecule has 3 rings (SSSR count). The second-order valence-electron chi connectivity index (χ2n) is 4.74. The number of ether oxygens (including phenoxy) is 1. The fraction of sp³-hybridized carbons (Fsp3) is 0.0588. The van der Waals surface area contributed by atoms with Gasteiger partial charge < -0.3 is 4.74 Å². The largest absolute Gasteiger partial charge is 0.492 e. The maximum Gasteiger partial charge on any atom is 0.228 e. The Morgan fingerprint density at radius 2 is 1.65 bits per heavy atom. The van der Waals surface area contributed by atoms with Gasteiger partial charge in [0, 0.05) is 27.0 Å². The first-order valence-corrected chi connectivity index (χ1v) is 8.19. The third-order valence-electron chi connectivity index (χ3n) is 3.35. The van der Waals surface area contributed by atoms with Crippen molar-refractivity contribution in [3.8, 4) is 0 Å². The highest BCUT2D eigenvalue weighted by Crippen LogP contribution is 2.41. The number of carbonyl (C=O) groups excluding carboxylic acids is 2. The topological polar surface area (TPSA) is 43.4 Å². The molecule has 0 aliphatic heterocycles. The van der Waals surface area contributed by atoms with E-state index < -0.39 is 0 Å². The Morgan fingerprint density at radius 3 is 2.30 bits per heavy atom. The van der Waals surface area contributed by atoms with Gasteiger partial charge in [0.15, 0.2) is 11.5 Å². The van der Waals surface area contributed by atoms with E-state index in [1.165, 1.54) is 24.9 Å². The monoisotopic (exact) mass is 364 g/mol. The minimum atomic E-state index is -0.310. The van der Waals surface area contributed by atoms with Crippen LogP contribution in [0.1, 0.15) is 20.7 Å². The second kappa shape index (κ2) is 6.40. The van der Waals surface area contributed by atoms with Crippen molar-refractivity contribution in [2.45, 2.75) is 9.79 Å². The Morgan fingerprint density at radius 1 is 1.00 bits per heavy atom. The molecule has 3 nitrogen and oxygen atoms in total. The van der Waals surface area contributed by atoms with Gasteiger partial charge in [-0.1, -0.05) is 53.2 Å². The van der Waals surface area contributed by atoms with Gasteiger partial charge in [0.2, 0.25) is 5.78 Å². The number of carbonyl (C=O) groups is 2. The van der Waals surface area contributed by atoms with Gasteiger partial charge in [-0.2, -0.15) is 0 Å². The molecule has 0 aromatic heterocycles. The summed E-state index contributed by atoms with van der Waals surface area (Å²) >= 11 is 13.6. The van der Waals surface area contributed by atoms with Gasteiger partial charge in [0.05, 0.1) is 17.2 Å². The molecule has 0 spiro atoms. The number of hydrogen-bond donors (Lipinski definition) is 0. The molecule has 0 heterocycles. The molecule has 116 valence electrons. The molecule has 0 bridgehead atoms. The molecular formula is C17H10Cl2O3S. The molecule has 0 fully saturated rings. The van der Waals surface area contributed by atoms with Crippen LogP contribution in [0.25, 0.3) is 0 Å². The molecule has 0 saturated heterocycles. The quantitative estimate of drug-likeness (QED) is 0.763. The van der Waals surface area contributed by atoms with E-state index in [1.807, 2.05) is 0 Å². The highest BCUT2D eigenvalue weighted by atomic mass is 35.5. The average Bonchev–Trinajstić information content (AvgIpc) is 2.54. The van der Waals surface area contributed by atoms with Gasteiger partial charge in [-0.15, -0.1) is 0 Å². The van der Waals surface area contributed by atoms with Crippen molar-refractivity contribution in [2.24, 2.45) is 0 Å². The normalized spacial score (nSPS) is 13.6. The molecule has 0 atom stereocenters. The summed E-state index contributed by atoms with van der Waals surface area (Å²) in [7, 11) is 1.37. The third kappa shape index (κ3) is 2.90. The van der Waals surface area contributed by atoms with E-state index in [9.17, 15) is 9.59 Å². The Balaban J connectivity index is 2.11. The van der Waals surface area contributed by atoms with E-state index in [0.717, 1.165) is 0 Å². The van der Waals surface area contributed by atoms with Gasteiger partial charge in [-0.05, 0) is 18.2 Å². The lowest BCUT2D eigenvalue weighted by Gasteiger charge is -2.17. The van der Waals surface area contributed by atoms with E-state index in [2.05, 4.69) is 0 Å². The van der Waals surface area contributed by atoms with Crippen molar-refractivity contribution in [1.29, 1.82) is 0 Å². The third-order valence-corrected chi connectivity index (χ3v) is 5.41. The van der Waals surface area contributed by atoms with E-state index in [0.29, 0.717) is 31.0 Å². The number of Topliss-reactive ketones (excluding diaryl/α,β-unsaturated/α-hetero) is 1. The van der Waals surface area contributed by atoms with E-state index in [1.54, 1.807) is 36.4 Å². The van der Waals surface area contributed by atoms with Gasteiger partial charge in [-0.3, -0.25) is 9.59 Å². The molecule has 2 aromatic carbocycles. The molecule has 0 unspecified atom stereocenters. The molecule has 0 radical (unpaired) electrons. The van der Waals surface area contributed by atoms with Crippen LogP contribution in [0.2, 0.25) is 10.0 Å². The van der Waals surface area contributed by atoms with Gasteiger partial charge in [-0.25, -0.2) is 0 Å². The van der Waals surface area contributed by atoms with Crippen LogP contribution in [0.3, 0.4) is 0 Å². The summed E-state index contributed by atoms with van der Waals surface area (Å²) in [5.74, 6) is -0.544. The van der Waals surface area contributed by atoms with Crippen molar-refractivity contribution < 1.29 is 14.3 Å². The van der Waals surface area contributed by atoms with Crippen LogP contribution in [0, 0.1) is 0 Å². The number of benzene rings is 2. The van der Waals surface area contributed by atoms with Crippen LogP contribution in [0.5, 0.6) is 0 Å². The molecule has 0 saturated carbocycles. The maximum absolute atomic E-state index is 12.4. The van der Waals surface area contributed by atoms with E-state index in [-0.39, 0.29) is 17.3 Å². The maximum atomic E-state index is 12.4. The average molecular weight is 365 g/mol. The fourth-order valence-electron chi connectivity index (χ4n) is 2.29. The number of hydrogen-bond acceptors (Lipinski definition) is 4. The van der Waals surface area contributed by atoms with Gasteiger partial charge in [0.1, 0.15) is 0 Å². The lowest BCUT2D eigenvalue weighted by molar-refractivity contribution is 0.0915. The molecule has 0 N–H and O–H groups in total. The van der Waals surface area contributed by atoms with E-state index >= 15 is 0 Å². The zero-order valence-electron chi connectivity index (χ0n) is 11.9. The van der Waals surface area contributed by atoms with Crippen molar-refractivity contribution >= 4 is 46.5 Å². The minimum Gasteiger partial charge on any atom is -0.492 e. The molecule has 1 aliphatic carbocycles. The highest BCUT2D eigenvalue weighted by molar-refractivity contribution is 7.99. The first kappa shape index (κ1) is 16.1. The summed E-state index contributed by atoms with van der Waals surface area (Å²) < 4.78 is 4.97. The summed E-state index contributed by atoms with van der Waals surface area (Å²) in [6.07, 6.45) is 1.21. The van der Waals surface area contributed by atoms with Crippen LogP contribution < -0.4 is 0 Å². The SMILES string of the molecule is COC1=CC(=O)c2c(Sc3c(Cl)cccc3Cl)cccc2C1=O. The second-order valence-corrected chi connectivity index (χ2v) is 6.60. The molecule has 0 amide bonds. The molecule has 6 heteroatoms. The first-order valence-electron chi connectivity index (χ1n) is 6.62. The predicted molar refractivity (Wildman–Crippen MR) is 90.8 cm³/mol. The Labute approximate surface area is 147 Å². The van der Waals surface area contributed by atoms with Crippen LogP contribution in [-0.4, -0.2) is 18.7 Å². The van der Waals surface area contributed by atoms with Gasteiger partial charge >= 0.3 is 0 Å². The van der Waals surface area contributed by atoms with Crippen molar-refractivity contribution in [3.63, 3.8) is 0 Å². The fourth-order valence-corrected chi connectivity index (χ4v) is 3.93. The minimum absolute atomic E-state index is 0.0421. The molecule has 2 aromatic rings.